The highest BCUT2D eigenvalue weighted by Gasteiger charge is 2.38. The molecule has 0 unspecified atom stereocenters. The molecule has 0 aliphatic carbocycles. The first-order chi connectivity index (χ1) is 34.2. The minimum Gasteiger partial charge on any atom is -0.481 e. The van der Waals surface area contributed by atoms with E-state index < -0.39 is 189 Å². The second kappa shape index (κ2) is 31.9. The topological polar surface area (TPSA) is 564 Å². The highest BCUT2D eigenvalue weighted by molar-refractivity contribution is 5.98. The molecule has 0 aromatic heterocycles. The molecular weight excluding hydrogens is 983 g/mol. The van der Waals surface area contributed by atoms with Crippen LogP contribution in [0.15, 0.2) is 4.99 Å². The molecule has 1 fully saturated rings. The second-order valence-electron chi connectivity index (χ2n) is 16.3. The van der Waals surface area contributed by atoms with E-state index in [2.05, 4.69) is 26.3 Å². The van der Waals surface area contributed by atoms with Crippen molar-refractivity contribution in [3.8, 4) is 0 Å². The summed E-state index contributed by atoms with van der Waals surface area (Å²) in [6.07, 6.45) is -5.63. The van der Waals surface area contributed by atoms with Gasteiger partial charge in [-0.25, -0.2) is 4.79 Å². The summed E-state index contributed by atoms with van der Waals surface area (Å²) in [4.78, 5) is 180. The lowest BCUT2D eigenvalue weighted by atomic mass is 10.1. The van der Waals surface area contributed by atoms with E-state index in [0.29, 0.717) is 6.42 Å². The normalized spacial score (nSPS) is 15.7. The highest BCUT2D eigenvalue weighted by atomic mass is 16.4. The maximum absolute atomic E-state index is 13.7. The van der Waals surface area contributed by atoms with Crippen molar-refractivity contribution in [2.24, 2.45) is 27.9 Å². The molecule has 33 nitrogen and oxygen atoms in total. The van der Waals surface area contributed by atoms with Gasteiger partial charge in [-0.1, -0.05) is 0 Å². The molecule has 408 valence electrons. The van der Waals surface area contributed by atoms with E-state index in [-0.39, 0.29) is 51.2 Å². The zero-order chi connectivity index (χ0) is 55.5. The molecule has 8 atom stereocenters. The molecule has 0 aromatic carbocycles. The van der Waals surface area contributed by atoms with Gasteiger partial charge in [-0.15, -0.1) is 0 Å². The van der Waals surface area contributed by atoms with E-state index in [0.717, 1.165) is 4.90 Å². The van der Waals surface area contributed by atoms with Gasteiger partial charge in [0.15, 0.2) is 5.96 Å². The Morgan fingerprint density at radius 1 is 0.548 bits per heavy atom. The Labute approximate surface area is 414 Å². The number of aliphatic carboxylic acids is 5. The van der Waals surface area contributed by atoms with Crippen molar-refractivity contribution in [1.82, 2.24) is 42.1 Å². The van der Waals surface area contributed by atoms with Crippen LogP contribution < -0.4 is 60.2 Å². The van der Waals surface area contributed by atoms with Crippen molar-refractivity contribution in [3.05, 3.63) is 0 Å². The summed E-state index contributed by atoms with van der Waals surface area (Å²) in [6.45, 7) is -1.93. The van der Waals surface area contributed by atoms with Crippen LogP contribution in [0.25, 0.3) is 0 Å². The molecule has 1 rings (SSSR count). The Kier molecular flexibility index (Phi) is 27.4. The number of carbonyl (C=O) groups excluding carboxylic acids is 9. The fourth-order valence-corrected chi connectivity index (χ4v) is 6.74. The van der Waals surface area contributed by atoms with E-state index in [4.69, 9.17) is 28.0 Å². The predicted molar refractivity (Wildman–Crippen MR) is 243 cm³/mol. The van der Waals surface area contributed by atoms with Crippen LogP contribution in [0, 0.1) is 0 Å². The number of carboxylic acids is 5. The van der Waals surface area contributed by atoms with Gasteiger partial charge in [0.2, 0.25) is 53.2 Å². The predicted octanol–water partition coefficient (Wildman–Crippen LogP) is -8.21. The van der Waals surface area contributed by atoms with Crippen LogP contribution in [0.2, 0.25) is 0 Å². The minimum atomic E-state index is -2.08. The van der Waals surface area contributed by atoms with Crippen molar-refractivity contribution >= 4 is 89.0 Å². The number of nitrogens with zero attached hydrogens (tertiary/aromatic N) is 2. The standard InChI is InChI=1S/C40H63N13O20/c41-18(3-1-13-45-40(43)44)32(65)47-19(5-9-26(42)55)33(66)46-16-27(56)53-14-2-4-25(53)38(71)49-21(7-11-29(59)60)34(67)48-20(6-10-28(57)58)35(68)52-24(17-54)37(70)51-23(15-31(63)64)36(69)50-22(39(72)73)8-12-30(61)62/h18-25,54H,1-17,41H2,(H2,42,55)(H,46,66)(H,47,65)(H,48,67)(H,49,71)(H,50,69)(H,51,70)(H,52,68)(H,57,58)(H,59,60)(H,61,62)(H,63,64)(H,72,73)(H4,43,44,45)/t18-,19-,20-,21-,22-,23-,24-,25-/m0/s1. The molecule has 0 radical (unpaired) electrons. The lowest BCUT2D eigenvalue weighted by Crippen LogP contribution is -2.60. The van der Waals surface area contributed by atoms with Crippen LogP contribution >= 0.6 is 0 Å². The van der Waals surface area contributed by atoms with Gasteiger partial charge in [-0.3, -0.25) is 67.3 Å². The Morgan fingerprint density at radius 2 is 1.00 bits per heavy atom. The Hall–Kier alpha value is -8.23. The summed E-state index contributed by atoms with van der Waals surface area (Å²) >= 11 is 0. The average molecular weight is 1050 g/mol. The molecule has 21 N–H and O–H groups in total. The van der Waals surface area contributed by atoms with Crippen molar-refractivity contribution in [2.45, 2.75) is 132 Å². The summed E-state index contributed by atoms with van der Waals surface area (Å²) in [5.74, 6) is -17.9. The number of likely N-dealkylation sites (tertiary alicyclic amines) is 1. The number of carboxylic acid groups (broad SMARTS) is 5. The fraction of sp³-hybridized carbons (Fsp3) is 0.625. The summed E-state index contributed by atoms with van der Waals surface area (Å²) in [6, 6.07) is -13.6. The quantitative estimate of drug-likeness (QED) is 0.0159. The number of nitrogens with two attached hydrogens (primary N) is 4. The van der Waals surface area contributed by atoms with E-state index >= 15 is 0 Å². The third kappa shape index (κ3) is 24.4. The van der Waals surface area contributed by atoms with Crippen LogP contribution in [0.1, 0.15) is 83.5 Å². The van der Waals surface area contributed by atoms with E-state index in [1.807, 2.05) is 16.0 Å². The molecule has 1 aliphatic rings. The third-order valence-corrected chi connectivity index (χ3v) is 10.6. The first-order valence-corrected chi connectivity index (χ1v) is 22.4. The molecule has 73 heavy (non-hydrogen) atoms. The molecule has 0 aromatic rings. The van der Waals surface area contributed by atoms with Gasteiger partial charge in [0.05, 0.1) is 25.6 Å². The van der Waals surface area contributed by atoms with Crippen LogP contribution in [0.5, 0.6) is 0 Å². The van der Waals surface area contributed by atoms with Gasteiger partial charge >= 0.3 is 29.8 Å². The van der Waals surface area contributed by atoms with Crippen LogP contribution in [0.3, 0.4) is 0 Å². The lowest BCUT2D eigenvalue weighted by molar-refractivity contribution is -0.144. The smallest absolute Gasteiger partial charge is 0.326 e. The number of rotatable bonds is 35. The summed E-state index contributed by atoms with van der Waals surface area (Å²) in [5.41, 5.74) is 21.7. The van der Waals surface area contributed by atoms with Gasteiger partial charge in [0, 0.05) is 38.8 Å². The number of nitrogens with one attached hydrogen (secondary N) is 7. The number of carbonyl (C=O) groups is 14. The van der Waals surface area contributed by atoms with E-state index in [9.17, 15) is 92.7 Å². The van der Waals surface area contributed by atoms with Crippen molar-refractivity contribution in [2.75, 3.05) is 26.2 Å². The summed E-state index contributed by atoms with van der Waals surface area (Å²) < 4.78 is 0. The van der Waals surface area contributed by atoms with Crippen molar-refractivity contribution in [1.29, 1.82) is 0 Å². The zero-order valence-corrected chi connectivity index (χ0v) is 39.2. The molecule has 0 spiro atoms. The number of hydrogen-bond donors (Lipinski definition) is 17. The third-order valence-electron chi connectivity index (χ3n) is 10.6. The number of aliphatic hydroxyl groups excluding tert-OH is 1. The molecule has 1 saturated heterocycles. The molecule has 0 bridgehead atoms. The van der Waals surface area contributed by atoms with Crippen molar-refractivity contribution < 1.29 is 97.8 Å². The molecular formula is C40H63N13O20. The number of primary amides is 1. The molecule has 1 heterocycles. The van der Waals surface area contributed by atoms with Crippen LogP contribution in [-0.4, -0.2) is 199 Å². The molecule has 1 aliphatic heterocycles. The Morgan fingerprint density at radius 3 is 1.51 bits per heavy atom. The van der Waals surface area contributed by atoms with E-state index in [1.165, 1.54) is 0 Å². The number of aliphatic hydroxyl groups is 1. The zero-order valence-electron chi connectivity index (χ0n) is 39.2. The first kappa shape index (κ1) is 62.8. The Balaban J connectivity index is 3.23. The van der Waals surface area contributed by atoms with E-state index in [1.54, 1.807) is 0 Å². The van der Waals surface area contributed by atoms with Crippen LogP contribution in [-0.2, 0) is 67.1 Å². The van der Waals surface area contributed by atoms with Gasteiger partial charge < -0.3 is 95.7 Å². The van der Waals surface area contributed by atoms with Crippen molar-refractivity contribution in [3.63, 3.8) is 0 Å². The maximum atomic E-state index is 13.7. The maximum Gasteiger partial charge on any atom is 0.326 e. The van der Waals surface area contributed by atoms with Gasteiger partial charge in [-0.05, 0) is 51.4 Å². The lowest BCUT2D eigenvalue weighted by Gasteiger charge is -2.28. The summed E-state index contributed by atoms with van der Waals surface area (Å²) in [7, 11) is 0. The second-order valence-corrected chi connectivity index (χ2v) is 16.3. The Bertz CT molecular complexity index is 2090. The number of amides is 9. The number of hydrogen-bond acceptors (Lipinski definition) is 17. The number of guanidine groups is 1. The minimum absolute atomic E-state index is 0.00867. The summed E-state index contributed by atoms with van der Waals surface area (Å²) in [5, 5.41) is 71.3. The first-order valence-electron chi connectivity index (χ1n) is 22.4. The molecule has 9 amide bonds. The van der Waals surface area contributed by atoms with Crippen LogP contribution in [0.4, 0.5) is 0 Å². The monoisotopic (exact) mass is 1050 g/mol. The largest absolute Gasteiger partial charge is 0.481 e. The van der Waals surface area contributed by atoms with Gasteiger partial charge in [0.25, 0.3) is 0 Å². The van der Waals surface area contributed by atoms with Gasteiger partial charge in [-0.2, -0.15) is 0 Å². The number of aliphatic imine (C=N–C) groups is 1. The van der Waals surface area contributed by atoms with Gasteiger partial charge in [0.1, 0.15) is 42.3 Å². The fourth-order valence-electron chi connectivity index (χ4n) is 6.74. The molecule has 33 heteroatoms. The average Bonchev–Trinajstić information content (AvgIpc) is 3.81. The SMILES string of the molecule is NC(=O)CC[C@H](NC(=O)[C@@H](N)CCCN=C(N)N)C(=O)NCC(=O)N1CCC[C@H]1C(=O)N[C@@H](CCC(=O)O)C(=O)N[C@@H](CCC(=O)O)C(=O)N[C@@H](CO)C(=O)N[C@@H](CC(=O)O)C(=O)N[C@@H](CCC(=O)O)C(=O)O. The highest BCUT2D eigenvalue weighted by Crippen LogP contribution is 2.18. The molecule has 0 saturated carbocycles.